The average Bonchev–Trinajstić information content (AvgIpc) is 2.38. The molecule has 0 saturated carbocycles. The second kappa shape index (κ2) is 3.22. The molecule has 2 aromatic rings. The van der Waals surface area contributed by atoms with Crippen molar-refractivity contribution >= 4 is 22.9 Å². The van der Waals surface area contributed by atoms with Gasteiger partial charge in [-0.25, -0.2) is 9.59 Å². The minimum Gasteiger partial charge on any atom is -0.427 e. The number of aryl methyl sites for hydroxylation is 2. The summed E-state index contributed by atoms with van der Waals surface area (Å²) in [4.78, 5) is 23.8. The van der Waals surface area contributed by atoms with Crippen molar-refractivity contribution in [2.24, 2.45) is 0 Å². The molecular weight excluding hydrogens is 232 g/mol. The van der Waals surface area contributed by atoms with E-state index in [4.69, 9.17) is 8.83 Å². The van der Waals surface area contributed by atoms with E-state index in [0.717, 1.165) is 10.8 Å². The van der Waals surface area contributed by atoms with Gasteiger partial charge in [-0.05, 0) is 12.8 Å². The summed E-state index contributed by atoms with van der Waals surface area (Å²) in [7, 11) is 0. The van der Waals surface area contributed by atoms with Crippen LogP contribution >= 0.6 is 0 Å². The summed E-state index contributed by atoms with van der Waals surface area (Å²) in [5, 5.41) is 2.68. The largest absolute Gasteiger partial charge is 0.427 e. The molecule has 0 N–H and O–H groups in total. The van der Waals surface area contributed by atoms with Gasteiger partial charge in [-0.1, -0.05) is 12.2 Å². The highest BCUT2D eigenvalue weighted by Gasteiger charge is 2.21. The van der Waals surface area contributed by atoms with Gasteiger partial charge in [0.25, 0.3) is 0 Å². The monoisotopic (exact) mass is 242 g/mol. The van der Waals surface area contributed by atoms with Crippen molar-refractivity contribution in [1.29, 1.82) is 0 Å². The van der Waals surface area contributed by atoms with Gasteiger partial charge in [0.2, 0.25) is 0 Å². The molecule has 0 aliphatic heterocycles. The second-order valence-corrected chi connectivity index (χ2v) is 4.69. The Hall–Kier alpha value is -2.10. The Morgan fingerprint density at radius 1 is 0.778 bits per heavy atom. The van der Waals surface area contributed by atoms with Crippen LogP contribution in [0.15, 0.2) is 18.4 Å². The Morgan fingerprint density at radius 3 is 1.67 bits per heavy atom. The van der Waals surface area contributed by atoms with Gasteiger partial charge < -0.3 is 8.83 Å². The topological polar surface area (TPSA) is 60.4 Å². The van der Waals surface area contributed by atoms with E-state index in [1.807, 2.05) is 12.2 Å². The van der Waals surface area contributed by atoms with Gasteiger partial charge in [-0.3, -0.25) is 0 Å². The molecule has 4 nitrogen and oxygen atoms in total. The van der Waals surface area contributed by atoms with Crippen molar-refractivity contribution < 1.29 is 8.83 Å². The first-order valence-electron chi connectivity index (χ1n) is 6.08. The zero-order valence-corrected chi connectivity index (χ0v) is 9.62. The van der Waals surface area contributed by atoms with Gasteiger partial charge in [0.15, 0.2) is 0 Å². The van der Waals surface area contributed by atoms with Crippen molar-refractivity contribution in [2.75, 3.05) is 0 Å². The zero-order chi connectivity index (χ0) is 12.3. The van der Waals surface area contributed by atoms with Crippen LogP contribution in [0, 0.1) is 0 Å². The molecule has 0 radical (unpaired) electrons. The molecule has 0 aromatic carbocycles. The normalized spacial score (nSPS) is 16.2. The lowest BCUT2D eigenvalue weighted by molar-refractivity contribution is 0.441. The van der Waals surface area contributed by atoms with Crippen LogP contribution in [-0.4, -0.2) is 0 Å². The summed E-state index contributed by atoms with van der Waals surface area (Å²) < 4.78 is 10.7. The molecule has 2 aromatic heterocycles. The van der Waals surface area contributed by atoms with Crippen LogP contribution in [0.5, 0.6) is 0 Å². The highest BCUT2D eigenvalue weighted by atomic mass is 16.4. The third-order valence-corrected chi connectivity index (χ3v) is 3.66. The van der Waals surface area contributed by atoms with Crippen molar-refractivity contribution in [3.63, 3.8) is 0 Å². The van der Waals surface area contributed by atoms with E-state index >= 15 is 0 Å². The Labute approximate surface area is 101 Å². The van der Waals surface area contributed by atoms with E-state index in [9.17, 15) is 9.59 Å². The quantitative estimate of drug-likeness (QED) is 0.662. The maximum atomic E-state index is 11.9. The maximum Gasteiger partial charge on any atom is 0.343 e. The fraction of sp³-hybridized carbons (Fsp3) is 0.286. The molecule has 2 aliphatic carbocycles. The third kappa shape index (κ3) is 1.10. The minimum absolute atomic E-state index is 0.319. The van der Waals surface area contributed by atoms with Crippen molar-refractivity contribution in [1.82, 2.24) is 0 Å². The van der Waals surface area contributed by atoms with E-state index < -0.39 is 0 Å². The van der Waals surface area contributed by atoms with Gasteiger partial charge in [-0.2, -0.15) is 0 Å². The van der Waals surface area contributed by atoms with Crippen LogP contribution in [0.3, 0.4) is 0 Å². The lowest BCUT2D eigenvalue weighted by Crippen LogP contribution is -2.36. The second-order valence-electron chi connectivity index (χ2n) is 4.69. The van der Waals surface area contributed by atoms with Crippen LogP contribution in [0.2, 0.25) is 0 Å². The molecule has 4 rings (SSSR count). The van der Waals surface area contributed by atoms with Crippen molar-refractivity contribution in [3.05, 3.63) is 42.8 Å². The van der Waals surface area contributed by atoms with Gasteiger partial charge in [0.1, 0.15) is 11.5 Å². The van der Waals surface area contributed by atoms with Gasteiger partial charge in [0, 0.05) is 23.6 Å². The van der Waals surface area contributed by atoms with Crippen molar-refractivity contribution in [2.45, 2.75) is 25.7 Å². The van der Waals surface area contributed by atoms with E-state index in [1.165, 1.54) is 0 Å². The van der Waals surface area contributed by atoms with E-state index in [-0.39, 0.29) is 11.3 Å². The minimum atomic E-state index is -0.319. The van der Waals surface area contributed by atoms with E-state index in [2.05, 4.69) is 0 Å². The number of hydrogen-bond donors (Lipinski definition) is 0. The molecule has 0 unspecified atom stereocenters. The van der Waals surface area contributed by atoms with E-state index in [0.29, 0.717) is 47.6 Å². The highest BCUT2D eigenvalue weighted by Crippen LogP contribution is 2.20. The average molecular weight is 242 g/mol. The van der Waals surface area contributed by atoms with Crippen LogP contribution in [0.1, 0.15) is 24.4 Å². The zero-order valence-electron chi connectivity index (χ0n) is 9.62. The summed E-state index contributed by atoms with van der Waals surface area (Å²) in [5.41, 5.74) is -0.639. The fourth-order valence-corrected chi connectivity index (χ4v) is 2.91. The standard InChI is InChI=1S/C14H10O4/c15-13-7-3-1-5-9-11(7)12-8(14(16)17-9)4-2-6-10(12)18-13/h3-4H,1-2,5-6H2. The predicted molar refractivity (Wildman–Crippen MR) is 65.8 cm³/mol. The molecule has 2 aliphatic rings. The SMILES string of the molecule is O=c1oc2c3c(c(=O)oc4c3c1=CCC4)=CCC2. The molecule has 0 fully saturated rings. The molecule has 0 saturated heterocycles. The molecule has 90 valence electrons. The van der Waals surface area contributed by atoms with Gasteiger partial charge in [-0.15, -0.1) is 0 Å². The number of hydrogen-bond acceptors (Lipinski definition) is 4. The Balaban J connectivity index is 2.49. The Kier molecular flexibility index (Phi) is 1.77. The first-order valence-corrected chi connectivity index (χ1v) is 6.08. The van der Waals surface area contributed by atoms with E-state index in [1.54, 1.807) is 0 Å². The van der Waals surface area contributed by atoms with Gasteiger partial charge in [0.05, 0.1) is 10.4 Å². The third-order valence-electron chi connectivity index (χ3n) is 3.66. The molecule has 2 heterocycles. The molecular formula is C14H10O4. The number of rotatable bonds is 0. The molecule has 0 bridgehead atoms. The first kappa shape index (κ1) is 9.88. The van der Waals surface area contributed by atoms with Gasteiger partial charge >= 0.3 is 11.3 Å². The molecule has 0 amide bonds. The fourth-order valence-electron chi connectivity index (χ4n) is 2.91. The van der Waals surface area contributed by atoms with Crippen LogP contribution in [0.25, 0.3) is 22.9 Å². The smallest absolute Gasteiger partial charge is 0.343 e. The molecule has 0 spiro atoms. The van der Waals surface area contributed by atoms with Crippen LogP contribution < -0.4 is 21.7 Å². The van der Waals surface area contributed by atoms with Crippen LogP contribution in [0.4, 0.5) is 0 Å². The lowest BCUT2D eigenvalue weighted by Gasteiger charge is -2.14. The first-order chi connectivity index (χ1) is 8.75. The van der Waals surface area contributed by atoms with Crippen molar-refractivity contribution in [3.8, 4) is 0 Å². The Morgan fingerprint density at radius 2 is 1.22 bits per heavy atom. The highest BCUT2D eigenvalue weighted by molar-refractivity contribution is 5.88. The molecule has 18 heavy (non-hydrogen) atoms. The summed E-state index contributed by atoms with van der Waals surface area (Å²) in [5.74, 6) is 1.25. The van der Waals surface area contributed by atoms with Crippen LogP contribution in [-0.2, 0) is 12.8 Å². The summed E-state index contributed by atoms with van der Waals surface area (Å²) >= 11 is 0. The summed E-state index contributed by atoms with van der Waals surface area (Å²) in [6.45, 7) is 0. The molecule has 4 heteroatoms. The Bertz CT molecular complexity index is 835. The predicted octanol–water partition coefficient (Wildman–Crippen LogP) is 0.200. The lowest BCUT2D eigenvalue weighted by atomic mass is 9.96. The maximum absolute atomic E-state index is 11.9. The summed E-state index contributed by atoms with van der Waals surface area (Å²) in [6, 6.07) is 0. The summed E-state index contributed by atoms with van der Waals surface area (Å²) in [6.07, 6.45) is 6.49. The molecule has 0 atom stereocenters.